The highest BCUT2D eigenvalue weighted by Gasteiger charge is 2.36. The number of nitrogen functional groups attached to an aromatic ring is 1. The van der Waals surface area contributed by atoms with Gasteiger partial charge in [-0.3, -0.25) is 4.57 Å². The number of anilines is 1. The normalized spacial score (nSPS) is 26.5. The van der Waals surface area contributed by atoms with Gasteiger partial charge in [0, 0.05) is 12.6 Å². The van der Waals surface area contributed by atoms with Gasteiger partial charge in [0.25, 0.3) is 0 Å². The van der Waals surface area contributed by atoms with Crippen LogP contribution in [0.1, 0.15) is 12.6 Å². The second kappa shape index (κ2) is 5.96. The van der Waals surface area contributed by atoms with Crippen LogP contribution >= 0.6 is 0 Å². The first-order chi connectivity index (χ1) is 9.15. The fourth-order valence-corrected chi connectivity index (χ4v) is 2.05. The van der Waals surface area contributed by atoms with Gasteiger partial charge in [0.2, 0.25) is 0 Å². The van der Waals surface area contributed by atoms with E-state index in [4.69, 9.17) is 15.2 Å². The van der Waals surface area contributed by atoms with E-state index in [0.717, 1.165) is 0 Å². The van der Waals surface area contributed by atoms with Crippen molar-refractivity contribution >= 4 is 5.82 Å². The van der Waals surface area contributed by atoms with Crippen LogP contribution in [0.4, 0.5) is 5.82 Å². The van der Waals surface area contributed by atoms with Gasteiger partial charge in [-0.1, -0.05) is 6.08 Å². The summed E-state index contributed by atoms with van der Waals surface area (Å²) in [5, 5.41) is 9.26. The fraction of sp³-hybridized carbons (Fsp3) is 0.500. The van der Waals surface area contributed by atoms with Crippen LogP contribution in [0.3, 0.4) is 0 Å². The molecule has 0 amide bonds. The first kappa shape index (κ1) is 13.7. The number of ether oxygens (including phenoxy) is 2. The molecule has 0 bridgehead atoms. The first-order valence-corrected chi connectivity index (χ1v) is 5.99. The Morgan fingerprint density at radius 2 is 2.53 bits per heavy atom. The maximum atomic E-state index is 11.7. The second-order valence-electron chi connectivity index (χ2n) is 4.25. The Hall–Kier alpha value is -1.70. The van der Waals surface area contributed by atoms with Crippen LogP contribution in [-0.4, -0.2) is 40.1 Å². The molecule has 0 unspecified atom stereocenters. The van der Waals surface area contributed by atoms with Gasteiger partial charge < -0.3 is 20.3 Å². The molecule has 1 aromatic rings. The highest BCUT2D eigenvalue weighted by atomic mass is 16.6. The lowest BCUT2D eigenvalue weighted by molar-refractivity contribution is -0.0581. The number of aliphatic hydroxyl groups is 1. The minimum atomic E-state index is -0.507. The van der Waals surface area contributed by atoms with E-state index < -0.39 is 18.0 Å². The van der Waals surface area contributed by atoms with Crippen LogP contribution in [0, 0.1) is 0 Å². The zero-order chi connectivity index (χ0) is 13.8. The summed E-state index contributed by atoms with van der Waals surface area (Å²) < 4.78 is 12.5. The third kappa shape index (κ3) is 3.01. The maximum Gasteiger partial charge on any atom is 0.351 e. The molecular formula is C12H17N3O4. The molecule has 1 aromatic heterocycles. The number of rotatable bonds is 5. The van der Waals surface area contributed by atoms with Gasteiger partial charge >= 0.3 is 5.69 Å². The summed E-state index contributed by atoms with van der Waals surface area (Å²) in [5.74, 6) is 0.164. The number of hydrogen-bond acceptors (Lipinski definition) is 6. The molecule has 0 radical (unpaired) electrons. The number of nitrogens with zero attached hydrogens (tertiary/aromatic N) is 2. The van der Waals surface area contributed by atoms with E-state index >= 15 is 0 Å². The zero-order valence-electron chi connectivity index (χ0n) is 10.4. The van der Waals surface area contributed by atoms with E-state index in [0.29, 0.717) is 13.0 Å². The van der Waals surface area contributed by atoms with Gasteiger partial charge in [-0.25, -0.2) is 4.79 Å². The third-order valence-electron chi connectivity index (χ3n) is 2.95. The molecule has 19 heavy (non-hydrogen) atoms. The number of hydrogen-bond donors (Lipinski definition) is 2. The van der Waals surface area contributed by atoms with Crippen molar-refractivity contribution in [2.75, 3.05) is 18.9 Å². The van der Waals surface area contributed by atoms with E-state index in [9.17, 15) is 9.90 Å². The van der Waals surface area contributed by atoms with Crippen LogP contribution < -0.4 is 11.4 Å². The predicted octanol–water partition coefficient (Wildman–Crippen LogP) is -0.323. The highest BCUT2D eigenvalue weighted by molar-refractivity contribution is 5.23. The quantitative estimate of drug-likeness (QED) is 0.709. The van der Waals surface area contributed by atoms with Crippen molar-refractivity contribution in [2.24, 2.45) is 0 Å². The number of aromatic nitrogens is 2. The van der Waals surface area contributed by atoms with Crippen molar-refractivity contribution < 1.29 is 14.6 Å². The van der Waals surface area contributed by atoms with E-state index in [1.165, 1.54) is 16.8 Å². The van der Waals surface area contributed by atoms with Gasteiger partial charge in [-0.15, -0.1) is 6.58 Å². The zero-order valence-corrected chi connectivity index (χ0v) is 10.4. The number of aliphatic hydroxyl groups excluding tert-OH is 1. The van der Waals surface area contributed by atoms with E-state index in [1.807, 2.05) is 0 Å². The Morgan fingerprint density at radius 3 is 3.16 bits per heavy atom. The molecule has 1 fully saturated rings. The van der Waals surface area contributed by atoms with Gasteiger partial charge in [0.15, 0.2) is 0 Å². The molecular weight excluding hydrogens is 250 g/mol. The van der Waals surface area contributed by atoms with Gasteiger partial charge in [0.05, 0.1) is 19.3 Å². The lowest BCUT2D eigenvalue weighted by Crippen LogP contribution is -2.28. The molecule has 0 aliphatic carbocycles. The summed E-state index contributed by atoms with van der Waals surface area (Å²) in [6, 6.07) is 1.52. The Balaban J connectivity index is 2.14. The molecule has 7 heteroatoms. The van der Waals surface area contributed by atoms with Crippen molar-refractivity contribution in [2.45, 2.75) is 24.9 Å². The first-order valence-electron chi connectivity index (χ1n) is 5.99. The molecule has 0 spiro atoms. The lowest BCUT2D eigenvalue weighted by Gasteiger charge is -2.15. The van der Waals surface area contributed by atoms with Crippen LogP contribution in [0.5, 0.6) is 0 Å². The van der Waals surface area contributed by atoms with Crippen LogP contribution in [0.15, 0.2) is 29.7 Å². The van der Waals surface area contributed by atoms with Crippen LogP contribution in [0.25, 0.3) is 0 Å². The highest BCUT2D eigenvalue weighted by Crippen LogP contribution is 2.29. The monoisotopic (exact) mass is 267 g/mol. The van der Waals surface area contributed by atoms with Crippen LogP contribution in [0.2, 0.25) is 0 Å². The largest absolute Gasteiger partial charge is 0.394 e. The number of nitrogens with two attached hydrogens (primary N) is 1. The summed E-state index contributed by atoms with van der Waals surface area (Å²) in [4.78, 5) is 15.4. The Kier molecular flexibility index (Phi) is 4.31. The predicted molar refractivity (Wildman–Crippen MR) is 68.5 cm³/mol. The molecule has 1 saturated heterocycles. The van der Waals surface area contributed by atoms with E-state index in [1.54, 1.807) is 6.08 Å². The summed E-state index contributed by atoms with van der Waals surface area (Å²) in [6.07, 6.45) is 2.36. The van der Waals surface area contributed by atoms with Crippen molar-refractivity contribution in [1.29, 1.82) is 0 Å². The molecule has 2 rings (SSSR count). The minimum Gasteiger partial charge on any atom is -0.394 e. The van der Waals surface area contributed by atoms with Crippen molar-refractivity contribution in [3.63, 3.8) is 0 Å². The average Bonchev–Trinajstić information content (AvgIpc) is 2.79. The SMILES string of the molecule is C=CCO[C@@H]1C[C@H](n2ccc(N)nc2=O)O[C@@H]1CO. The van der Waals surface area contributed by atoms with Gasteiger partial charge in [0.1, 0.15) is 18.1 Å². The van der Waals surface area contributed by atoms with E-state index in [2.05, 4.69) is 11.6 Å². The molecule has 0 aromatic carbocycles. The van der Waals surface area contributed by atoms with Gasteiger partial charge in [-0.2, -0.15) is 4.98 Å². The summed E-state index contributed by atoms with van der Waals surface area (Å²) in [6.45, 7) is 3.76. The molecule has 2 heterocycles. The molecule has 1 aliphatic rings. The second-order valence-corrected chi connectivity index (χ2v) is 4.25. The van der Waals surface area contributed by atoms with Crippen molar-refractivity contribution in [1.82, 2.24) is 9.55 Å². The molecule has 7 nitrogen and oxygen atoms in total. The van der Waals surface area contributed by atoms with Gasteiger partial charge in [-0.05, 0) is 6.07 Å². The Labute approximate surface area is 110 Å². The lowest BCUT2D eigenvalue weighted by atomic mass is 10.2. The van der Waals surface area contributed by atoms with Crippen molar-refractivity contribution in [3.8, 4) is 0 Å². The topological polar surface area (TPSA) is 99.6 Å². The Bertz CT molecular complexity index is 502. The minimum absolute atomic E-state index is 0.164. The summed E-state index contributed by atoms with van der Waals surface area (Å²) in [7, 11) is 0. The van der Waals surface area contributed by atoms with Crippen molar-refractivity contribution in [3.05, 3.63) is 35.4 Å². The van der Waals surface area contributed by atoms with E-state index in [-0.39, 0.29) is 18.5 Å². The molecule has 3 N–H and O–H groups in total. The molecule has 0 saturated carbocycles. The third-order valence-corrected chi connectivity index (χ3v) is 2.95. The molecule has 1 aliphatic heterocycles. The standard InChI is InChI=1S/C12H17N3O4/c1-2-5-18-8-6-11(19-9(8)7-16)15-4-3-10(13)14-12(15)17/h2-4,8-9,11,16H,1,5-7H2,(H2,13,14,17)/t8-,9-,11-/m1/s1. The smallest absolute Gasteiger partial charge is 0.351 e. The maximum absolute atomic E-state index is 11.7. The fourth-order valence-electron chi connectivity index (χ4n) is 2.05. The average molecular weight is 267 g/mol. The molecule has 104 valence electrons. The molecule has 3 atom stereocenters. The summed E-state index contributed by atoms with van der Waals surface area (Å²) in [5.41, 5.74) is 4.95. The Morgan fingerprint density at radius 1 is 1.74 bits per heavy atom. The summed E-state index contributed by atoms with van der Waals surface area (Å²) >= 11 is 0. The van der Waals surface area contributed by atoms with Crippen LogP contribution in [-0.2, 0) is 9.47 Å².